The highest BCUT2D eigenvalue weighted by Gasteiger charge is 2.24. The molecule has 0 heterocycles. The highest BCUT2D eigenvalue weighted by molar-refractivity contribution is 5.39. The molecule has 0 spiro atoms. The van der Waals surface area contributed by atoms with Crippen LogP contribution in [0.25, 0.3) is 0 Å². The van der Waals surface area contributed by atoms with Crippen LogP contribution in [0.1, 0.15) is 25.8 Å². The summed E-state index contributed by atoms with van der Waals surface area (Å²) in [5.41, 5.74) is 0.821. The van der Waals surface area contributed by atoms with Crippen LogP contribution in [-0.2, 0) is 5.41 Å². The molecule has 0 amide bonds. The summed E-state index contributed by atoms with van der Waals surface area (Å²) in [5, 5.41) is 3.11. The molecular weight excluding hydrogens is 205 g/mol. The number of benzene rings is 1. The molecule has 1 N–H and O–H groups in total. The summed E-state index contributed by atoms with van der Waals surface area (Å²) in [5.74, 6) is 0.538. The smallest absolute Gasteiger partial charge is 0.123 e. The second-order valence-corrected chi connectivity index (χ2v) is 4.58. The van der Waals surface area contributed by atoms with Crippen LogP contribution in [0.2, 0.25) is 0 Å². The second-order valence-electron chi connectivity index (χ2n) is 4.58. The lowest BCUT2D eigenvalue weighted by Gasteiger charge is -2.27. The first-order valence-electron chi connectivity index (χ1n) is 5.50. The normalized spacial score (nSPS) is 11.6. The van der Waals surface area contributed by atoms with E-state index in [0.717, 1.165) is 24.3 Å². The van der Waals surface area contributed by atoms with Crippen molar-refractivity contribution >= 4 is 0 Å². The van der Waals surface area contributed by atoms with E-state index in [0.29, 0.717) is 0 Å². The fourth-order valence-corrected chi connectivity index (χ4v) is 1.78. The van der Waals surface area contributed by atoms with Crippen LogP contribution in [0.4, 0.5) is 4.39 Å². The molecule has 0 aliphatic rings. The lowest BCUT2D eigenvalue weighted by molar-refractivity contribution is 0.382. The topological polar surface area (TPSA) is 21.3 Å². The molecule has 1 aromatic rings. The standard InChI is InChI=1S/C13H20FNO/c1-13(2,7-8-15-3)11-9-10(14)5-6-12(11)16-4/h5-6,9,15H,7-8H2,1-4H3. The molecule has 90 valence electrons. The summed E-state index contributed by atoms with van der Waals surface area (Å²) in [6.07, 6.45) is 0.934. The van der Waals surface area contributed by atoms with Crippen LogP contribution in [0, 0.1) is 5.82 Å². The van der Waals surface area contributed by atoms with Crippen LogP contribution < -0.4 is 10.1 Å². The molecule has 0 radical (unpaired) electrons. The summed E-state index contributed by atoms with van der Waals surface area (Å²) < 4.78 is 18.5. The summed E-state index contributed by atoms with van der Waals surface area (Å²) >= 11 is 0. The van der Waals surface area contributed by atoms with Crippen molar-refractivity contribution in [3.05, 3.63) is 29.6 Å². The average molecular weight is 225 g/mol. The van der Waals surface area contributed by atoms with Gasteiger partial charge < -0.3 is 10.1 Å². The van der Waals surface area contributed by atoms with Crippen molar-refractivity contribution in [2.45, 2.75) is 25.7 Å². The highest BCUT2D eigenvalue weighted by Crippen LogP contribution is 2.34. The van der Waals surface area contributed by atoms with E-state index >= 15 is 0 Å². The minimum Gasteiger partial charge on any atom is -0.496 e. The van der Waals surface area contributed by atoms with Gasteiger partial charge in [-0.25, -0.2) is 4.39 Å². The zero-order chi connectivity index (χ0) is 12.2. The van der Waals surface area contributed by atoms with E-state index in [-0.39, 0.29) is 11.2 Å². The molecule has 3 heteroatoms. The van der Waals surface area contributed by atoms with Crippen molar-refractivity contribution in [1.29, 1.82) is 0 Å². The molecule has 0 saturated carbocycles. The van der Waals surface area contributed by atoms with E-state index in [9.17, 15) is 4.39 Å². The van der Waals surface area contributed by atoms with E-state index in [1.807, 2.05) is 7.05 Å². The highest BCUT2D eigenvalue weighted by atomic mass is 19.1. The molecule has 0 fully saturated rings. The Balaban J connectivity index is 3.04. The van der Waals surface area contributed by atoms with Gasteiger partial charge in [0.15, 0.2) is 0 Å². The van der Waals surface area contributed by atoms with Crippen LogP contribution in [0.15, 0.2) is 18.2 Å². The average Bonchev–Trinajstić information content (AvgIpc) is 2.26. The lowest BCUT2D eigenvalue weighted by atomic mass is 9.81. The van der Waals surface area contributed by atoms with Gasteiger partial charge in [0.2, 0.25) is 0 Å². The third-order valence-electron chi connectivity index (χ3n) is 2.89. The number of hydrogen-bond donors (Lipinski definition) is 1. The van der Waals surface area contributed by atoms with Crippen LogP contribution in [-0.4, -0.2) is 20.7 Å². The van der Waals surface area contributed by atoms with Crippen molar-refractivity contribution in [1.82, 2.24) is 5.32 Å². The first-order valence-corrected chi connectivity index (χ1v) is 5.50. The maximum Gasteiger partial charge on any atom is 0.123 e. The predicted molar refractivity (Wildman–Crippen MR) is 64.5 cm³/mol. The van der Waals surface area contributed by atoms with Gasteiger partial charge in [-0.2, -0.15) is 0 Å². The lowest BCUT2D eigenvalue weighted by Crippen LogP contribution is -2.24. The van der Waals surface area contributed by atoms with E-state index in [2.05, 4.69) is 19.2 Å². The summed E-state index contributed by atoms with van der Waals surface area (Å²) in [7, 11) is 3.53. The van der Waals surface area contributed by atoms with Crippen LogP contribution >= 0.6 is 0 Å². The summed E-state index contributed by atoms with van der Waals surface area (Å²) in [4.78, 5) is 0. The van der Waals surface area contributed by atoms with Gasteiger partial charge in [-0.3, -0.25) is 0 Å². The van der Waals surface area contributed by atoms with E-state index in [1.165, 1.54) is 6.07 Å². The first kappa shape index (κ1) is 13.0. The number of methoxy groups -OCH3 is 1. The van der Waals surface area contributed by atoms with Gasteiger partial charge in [0.1, 0.15) is 11.6 Å². The summed E-state index contributed by atoms with van der Waals surface area (Å²) in [6, 6.07) is 4.68. The quantitative estimate of drug-likeness (QED) is 0.832. The van der Waals surface area contributed by atoms with E-state index in [1.54, 1.807) is 19.2 Å². The molecule has 0 saturated heterocycles. The minimum absolute atomic E-state index is 0.101. The predicted octanol–water partition coefficient (Wildman–Crippen LogP) is 2.72. The molecule has 0 unspecified atom stereocenters. The molecule has 0 aromatic heterocycles. The first-order chi connectivity index (χ1) is 7.51. The van der Waals surface area contributed by atoms with Gasteiger partial charge in [0.25, 0.3) is 0 Å². The fraction of sp³-hybridized carbons (Fsp3) is 0.538. The van der Waals surface area contributed by atoms with Crippen molar-refractivity contribution in [2.75, 3.05) is 20.7 Å². The Morgan fingerprint density at radius 3 is 2.62 bits per heavy atom. The maximum atomic E-state index is 13.3. The molecular formula is C13H20FNO. The monoisotopic (exact) mass is 225 g/mol. The SMILES string of the molecule is CNCCC(C)(C)c1cc(F)ccc1OC. The van der Waals surface area contributed by atoms with Gasteiger partial charge in [0.05, 0.1) is 7.11 Å². The number of rotatable bonds is 5. The fourth-order valence-electron chi connectivity index (χ4n) is 1.78. The molecule has 0 atom stereocenters. The number of ether oxygens (including phenoxy) is 1. The van der Waals surface area contributed by atoms with Crippen molar-refractivity contribution in [3.63, 3.8) is 0 Å². The third-order valence-corrected chi connectivity index (χ3v) is 2.89. The molecule has 1 rings (SSSR count). The maximum absolute atomic E-state index is 13.3. The number of halogens is 1. The van der Waals surface area contributed by atoms with Gasteiger partial charge in [-0.1, -0.05) is 13.8 Å². The van der Waals surface area contributed by atoms with Crippen LogP contribution in [0.3, 0.4) is 0 Å². The zero-order valence-electron chi connectivity index (χ0n) is 10.4. The summed E-state index contributed by atoms with van der Waals surface area (Å²) in [6.45, 7) is 5.09. The Hall–Kier alpha value is -1.09. The molecule has 1 aromatic carbocycles. The zero-order valence-corrected chi connectivity index (χ0v) is 10.4. The molecule has 16 heavy (non-hydrogen) atoms. The van der Waals surface area contributed by atoms with Crippen molar-refractivity contribution in [3.8, 4) is 5.75 Å². The Morgan fingerprint density at radius 1 is 1.38 bits per heavy atom. The number of nitrogens with one attached hydrogen (secondary N) is 1. The molecule has 0 bridgehead atoms. The minimum atomic E-state index is -0.215. The van der Waals surface area contributed by atoms with E-state index < -0.39 is 0 Å². The van der Waals surface area contributed by atoms with Gasteiger partial charge in [0, 0.05) is 5.56 Å². The van der Waals surface area contributed by atoms with Gasteiger partial charge in [-0.15, -0.1) is 0 Å². The Morgan fingerprint density at radius 2 is 2.06 bits per heavy atom. The Kier molecular flexibility index (Phi) is 4.30. The van der Waals surface area contributed by atoms with Gasteiger partial charge in [-0.05, 0) is 43.6 Å². The van der Waals surface area contributed by atoms with Crippen molar-refractivity contribution in [2.24, 2.45) is 0 Å². The molecule has 0 aliphatic carbocycles. The number of hydrogen-bond acceptors (Lipinski definition) is 2. The Labute approximate surface area is 96.8 Å². The molecule has 2 nitrogen and oxygen atoms in total. The largest absolute Gasteiger partial charge is 0.496 e. The van der Waals surface area contributed by atoms with Crippen molar-refractivity contribution < 1.29 is 9.13 Å². The van der Waals surface area contributed by atoms with E-state index in [4.69, 9.17) is 4.74 Å². The second kappa shape index (κ2) is 5.30. The Bertz CT molecular complexity index is 350. The van der Waals surface area contributed by atoms with Gasteiger partial charge >= 0.3 is 0 Å². The third kappa shape index (κ3) is 2.95. The molecule has 0 aliphatic heterocycles. The van der Waals surface area contributed by atoms with Crippen LogP contribution in [0.5, 0.6) is 5.75 Å².